The third-order valence-corrected chi connectivity index (χ3v) is 6.65. The number of hydrogen-bond acceptors (Lipinski definition) is 6. The Bertz CT molecular complexity index is 1390. The van der Waals surface area contributed by atoms with E-state index in [1.165, 1.54) is 11.3 Å². The second kappa shape index (κ2) is 11.2. The van der Waals surface area contributed by atoms with Gasteiger partial charge in [0.05, 0.1) is 12.1 Å². The van der Waals surface area contributed by atoms with Crippen LogP contribution < -0.4 is 25.4 Å². The van der Waals surface area contributed by atoms with Crippen LogP contribution in [0.3, 0.4) is 0 Å². The van der Waals surface area contributed by atoms with E-state index in [9.17, 15) is 9.59 Å². The number of benzene rings is 3. The molecule has 0 aliphatic rings. The average Bonchev–Trinajstić information content (AvgIpc) is 3.19. The number of fused-ring (bicyclic) bond motifs is 1. The molecule has 0 fully saturated rings. The Hall–Kier alpha value is -3.66. The number of nitrogens with one attached hydrogen (secondary N) is 3. The van der Waals surface area contributed by atoms with Gasteiger partial charge in [0.1, 0.15) is 16.4 Å². The molecule has 10 heteroatoms. The van der Waals surface area contributed by atoms with Crippen molar-refractivity contribution >= 4 is 73.5 Å². The van der Waals surface area contributed by atoms with Crippen molar-refractivity contribution in [2.45, 2.75) is 0 Å². The molecule has 0 bridgehead atoms. The molecule has 0 aliphatic carbocycles. The lowest BCUT2D eigenvalue weighted by atomic mass is 10.2. The van der Waals surface area contributed by atoms with E-state index in [1.54, 1.807) is 49.6 Å². The maximum atomic E-state index is 12.8. The lowest BCUT2D eigenvalue weighted by Crippen LogP contribution is -2.33. The summed E-state index contributed by atoms with van der Waals surface area (Å²) in [4.78, 5) is 25.3. The number of amides is 2. The fourth-order valence-electron chi connectivity index (χ4n) is 3.18. The first kappa shape index (κ1) is 24.5. The Kier molecular flexibility index (Phi) is 7.81. The predicted molar refractivity (Wildman–Crippen MR) is 144 cm³/mol. The van der Waals surface area contributed by atoms with Crippen molar-refractivity contribution in [1.82, 2.24) is 5.32 Å². The summed E-state index contributed by atoms with van der Waals surface area (Å²) in [6.07, 6.45) is 0. The molecule has 1 heterocycles. The van der Waals surface area contributed by atoms with Gasteiger partial charge in [0, 0.05) is 21.5 Å². The van der Waals surface area contributed by atoms with Crippen LogP contribution in [0.2, 0.25) is 5.02 Å². The van der Waals surface area contributed by atoms with Gasteiger partial charge in [-0.3, -0.25) is 14.9 Å². The van der Waals surface area contributed by atoms with Crippen LogP contribution in [0.4, 0.5) is 11.4 Å². The number of rotatable bonds is 7. The quantitative estimate of drug-likeness (QED) is 0.268. The Morgan fingerprint density at radius 1 is 0.943 bits per heavy atom. The van der Waals surface area contributed by atoms with Gasteiger partial charge in [0.25, 0.3) is 11.8 Å². The fraction of sp³-hybridized carbons (Fsp3) is 0.0800. The zero-order valence-electron chi connectivity index (χ0n) is 18.5. The predicted octanol–water partition coefficient (Wildman–Crippen LogP) is 5.71. The standard InChI is InChI=1S/C25H20ClN3O4S2/c1-32-18-10-11-19-20(13-18)35-23(22(19)26)24(31)29-25(34)28-16-7-5-6-15(12-16)27-21(30)14-33-17-8-3-2-4-9-17/h2-13H,14H2,1H3,(H,27,30)(H2,28,29,31,34). The largest absolute Gasteiger partial charge is 0.497 e. The van der Waals surface area contributed by atoms with Crippen molar-refractivity contribution in [3.8, 4) is 11.5 Å². The average molecular weight is 526 g/mol. The summed E-state index contributed by atoms with van der Waals surface area (Å²) in [5, 5.41) is 9.57. The number of para-hydroxylation sites is 1. The summed E-state index contributed by atoms with van der Waals surface area (Å²) in [5.41, 5.74) is 1.14. The van der Waals surface area contributed by atoms with Crippen LogP contribution in [0.25, 0.3) is 10.1 Å². The highest BCUT2D eigenvalue weighted by Gasteiger charge is 2.18. The van der Waals surface area contributed by atoms with Gasteiger partial charge >= 0.3 is 0 Å². The van der Waals surface area contributed by atoms with Crippen LogP contribution in [0.1, 0.15) is 9.67 Å². The van der Waals surface area contributed by atoms with Crippen LogP contribution in [-0.4, -0.2) is 30.6 Å². The van der Waals surface area contributed by atoms with E-state index in [2.05, 4.69) is 16.0 Å². The highest BCUT2D eigenvalue weighted by Crippen LogP contribution is 2.37. The summed E-state index contributed by atoms with van der Waals surface area (Å²) in [5.74, 6) is 0.559. The van der Waals surface area contributed by atoms with E-state index >= 15 is 0 Å². The summed E-state index contributed by atoms with van der Waals surface area (Å²) in [6, 6.07) is 21.4. The number of thiophene rings is 1. The first-order chi connectivity index (χ1) is 16.9. The molecule has 0 saturated carbocycles. The minimum absolute atomic E-state index is 0.0944. The van der Waals surface area contributed by atoms with Gasteiger partial charge in [-0.2, -0.15) is 0 Å². The molecule has 7 nitrogen and oxygen atoms in total. The molecule has 0 aliphatic heterocycles. The summed E-state index contributed by atoms with van der Waals surface area (Å²) >= 11 is 13.0. The number of hydrogen-bond donors (Lipinski definition) is 3. The topological polar surface area (TPSA) is 88.7 Å². The number of methoxy groups -OCH3 is 1. The van der Waals surface area contributed by atoms with Crippen molar-refractivity contribution < 1.29 is 19.1 Å². The molecule has 3 N–H and O–H groups in total. The fourth-order valence-corrected chi connectivity index (χ4v) is 4.83. The zero-order chi connectivity index (χ0) is 24.8. The normalized spacial score (nSPS) is 10.5. The first-order valence-corrected chi connectivity index (χ1v) is 12.0. The monoisotopic (exact) mass is 525 g/mol. The van der Waals surface area contributed by atoms with Gasteiger partial charge in [-0.05, 0) is 60.7 Å². The molecule has 4 aromatic rings. The maximum absolute atomic E-state index is 12.8. The minimum atomic E-state index is -0.421. The van der Waals surface area contributed by atoms with E-state index in [0.29, 0.717) is 32.8 Å². The minimum Gasteiger partial charge on any atom is -0.497 e. The lowest BCUT2D eigenvalue weighted by molar-refractivity contribution is -0.118. The second-order valence-corrected chi connectivity index (χ2v) is 9.08. The molecule has 3 aromatic carbocycles. The number of thiocarbonyl (C=S) groups is 1. The Balaban J connectivity index is 1.35. The molecule has 178 valence electrons. The van der Waals surface area contributed by atoms with Crippen molar-refractivity contribution in [3.05, 3.63) is 82.7 Å². The summed E-state index contributed by atoms with van der Waals surface area (Å²) in [6.45, 7) is -0.127. The Morgan fingerprint density at radius 3 is 2.43 bits per heavy atom. The molecule has 0 spiro atoms. The number of anilines is 2. The molecule has 1 aromatic heterocycles. The smallest absolute Gasteiger partial charge is 0.269 e. The van der Waals surface area contributed by atoms with E-state index in [1.807, 2.05) is 30.3 Å². The summed E-state index contributed by atoms with van der Waals surface area (Å²) in [7, 11) is 1.58. The van der Waals surface area contributed by atoms with Gasteiger partial charge in [-0.1, -0.05) is 35.9 Å². The molecule has 0 unspecified atom stereocenters. The second-order valence-electron chi connectivity index (χ2n) is 7.25. The van der Waals surface area contributed by atoms with E-state index in [0.717, 1.165) is 10.1 Å². The number of carbonyl (C=O) groups is 2. The van der Waals surface area contributed by atoms with Crippen molar-refractivity contribution in [1.29, 1.82) is 0 Å². The van der Waals surface area contributed by atoms with Gasteiger partial charge in [-0.25, -0.2) is 0 Å². The molecule has 0 atom stereocenters. The third kappa shape index (κ3) is 6.27. The van der Waals surface area contributed by atoms with Crippen LogP contribution >= 0.6 is 35.2 Å². The Morgan fingerprint density at radius 2 is 1.69 bits per heavy atom. The molecular weight excluding hydrogens is 506 g/mol. The van der Waals surface area contributed by atoms with E-state index in [4.69, 9.17) is 33.3 Å². The van der Waals surface area contributed by atoms with Gasteiger partial charge < -0.3 is 20.1 Å². The Labute approximate surface area is 216 Å². The van der Waals surface area contributed by atoms with Crippen LogP contribution in [-0.2, 0) is 4.79 Å². The molecule has 0 saturated heterocycles. The van der Waals surface area contributed by atoms with Gasteiger partial charge in [-0.15, -0.1) is 11.3 Å². The molecule has 4 rings (SSSR count). The molecule has 35 heavy (non-hydrogen) atoms. The van der Waals surface area contributed by atoms with Crippen molar-refractivity contribution in [2.75, 3.05) is 24.4 Å². The van der Waals surface area contributed by atoms with Crippen LogP contribution in [0, 0.1) is 0 Å². The SMILES string of the molecule is COc1ccc2c(Cl)c(C(=O)NC(=S)Nc3cccc(NC(=O)COc4ccccc4)c3)sc2c1. The maximum Gasteiger partial charge on any atom is 0.269 e. The van der Waals surface area contributed by atoms with E-state index < -0.39 is 5.91 Å². The highest BCUT2D eigenvalue weighted by atomic mass is 35.5. The van der Waals surface area contributed by atoms with Gasteiger partial charge in [0.2, 0.25) is 0 Å². The third-order valence-electron chi connectivity index (χ3n) is 4.79. The lowest BCUT2D eigenvalue weighted by Gasteiger charge is -2.11. The van der Waals surface area contributed by atoms with Crippen molar-refractivity contribution in [2.24, 2.45) is 0 Å². The number of ether oxygens (including phenoxy) is 2. The highest BCUT2D eigenvalue weighted by molar-refractivity contribution is 7.80. The van der Waals surface area contributed by atoms with Crippen LogP contribution in [0.5, 0.6) is 11.5 Å². The van der Waals surface area contributed by atoms with E-state index in [-0.39, 0.29) is 17.6 Å². The van der Waals surface area contributed by atoms with Crippen LogP contribution in [0.15, 0.2) is 72.8 Å². The molecular formula is C25H20ClN3O4S2. The first-order valence-electron chi connectivity index (χ1n) is 10.4. The summed E-state index contributed by atoms with van der Waals surface area (Å²) < 4.78 is 11.5. The molecule has 2 amide bonds. The number of carbonyl (C=O) groups excluding carboxylic acids is 2. The van der Waals surface area contributed by atoms with Gasteiger partial charge in [0.15, 0.2) is 11.7 Å². The zero-order valence-corrected chi connectivity index (χ0v) is 20.9. The molecule has 0 radical (unpaired) electrons. The van der Waals surface area contributed by atoms with Crippen molar-refractivity contribution in [3.63, 3.8) is 0 Å². The number of halogens is 1.